The molecule has 2 aliphatic heterocycles. The zero-order chi connectivity index (χ0) is 26.5. The van der Waals surface area contributed by atoms with E-state index in [1.54, 1.807) is 43.5 Å². The first kappa shape index (κ1) is 26.5. The van der Waals surface area contributed by atoms with E-state index in [1.807, 2.05) is 13.8 Å². The molecular formula is C28H34N2O7. The molecule has 2 aromatic carbocycles. The normalized spacial score (nSPS) is 19.8. The van der Waals surface area contributed by atoms with Crippen LogP contribution in [0, 0.1) is 6.92 Å². The van der Waals surface area contributed by atoms with E-state index in [4.69, 9.17) is 18.9 Å². The molecule has 0 saturated carbocycles. The largest absolute Gasteiger partial charge is 0.507 e. The summed E-state index contributed by atoms with van der Waals surface area (Å²) in [7, 11) is 3.10. The summed E-state index contributed by atoms with van der Waals surface area (Å²) >= 11 is 0. The molecule has 1 N–H and O–H groups in total. The Hall–Kier alpha value is -3.56. The van der Waals surface area contributed by atoms with Gasteiger partial charge < -0.3 is 29.0 Å². The molecule has 0 bridgehead atoms. The number of methoxy groups -OCH3 is 2. The predicted molar refractivity (Wildman–Crippen MR) is 138 cm³/mol. The van der Waals surface area contributed by atoms with E-state index in [1.165, 1.54) is 12.0 Å². The van der Waals surface area contributed by atoms with E-state index in [0.29, 0.717) is 61.3 Å². The van der Waals surface area contributed by atoms with Gasteiger partial charge >= 0.3 is 0 Å². The zero-order valence-electron chi connectivity index (χ0n) is 21.8. The summed E-state index contributed by atoms with van der Waals surface area (Å²) < 4.78 is 21.9. The molecule has 2 aliphatic rings. The Morgan fingerprint density at radius 3 is 2.43 bits per heavy atom. The number of hydrogen-bond acceptors (Lipinski definition) is 8. The minimum absolute atomic E-state index is 0.0476. The van der Waals surface area contributed by atoms with Crippen molar-refractivity contribution in [2.45, 2.75) is 19.9 Å². The van der Waals surface area contributed by atoms with Gasteiger partial charge in [-0.15, -0.1) is 0 Å². The third-order valence-corrected chi connectivity index (χ3v) is 6.79. The number of hydrogen-bond donors (Lipinski definition) is 1. The van der Waals surface area contributed by atoms with E-state index in [2.05, 4.69) is 4.90 Å². The average molecular weight is 511 g/mol. The van der Waals surface area contributed by atoms with Crippen molar-refractivity contribution in [3.8, 4) is 17.2 Å². The van der Waals surface area contributed by atoms with E-state index in [-0.39, 0.29) is 11.3 Å². The number of Topliss-reactive ketones (excluding diaryl/α,β-unsaturated/α-hetero) is 1. The number of benzene rings is 2. The smallest absolute Gasteiger partial charge is 0.295 e. The number of aliphatic hydroxyl groups excluding tert-OH is 1. The monoisotopic (exact) mass is 510 g/mol. The lowest BCUT2D eigenvalue weighted by atomic mass is 9.93. The number of carbonyl (C=O) groups is 2. The Labute approximate surface area is 217 Å². The van der Waals surface area contributed by atoms with Crippen LogP contribution in [0.4, 0.5) is 0 Å². The summed E-state index contributed by atoms with van der Waals surface area (Å²) in [6.45, 7) is 7.86. The maximum absolute atomic E-state index is 13.4. The van der Waals surface area contributed by atoms with Gasteiger partial charge in [0.15, 0.2) is 11.5 Å². The summed E-state index contributed by atoms with van der Waals surface area (Å²) in [4.78, 5) is 30.5. The summed E-state index contributed by atoms with van der Waals surface area (Å²) in [6.07, 6.45) is 0. The summed E-state index contributed by atoms with van der Waals surface area (Å²) in [6, 6.07) is 9.73. The van der Waals surface area contributed by atoms with E-state index in [0.717, 1.165) is 18.7 Å². The van der Waals surface area contributed by atoms with Crippen LogP contribution in [-0.2, 0) is 14.3 Å². The van der Waals surface area contributed by atoms with E-state index >= 15 is 0 Å². The van der Waals surface area contributed by atoms with Crippen molar-refractivity contribution in [1.29, 1.82) is 0 Å². The molecule has 0 aromatic heterocycles. The maximum atomic E-state index is 13.4. The number of carbonyl (C=O) groups excluding carboxylic acids is 2. The Morgan fingerprint density at radius 2 is 1.78 bits per heavy atom. The van der Waals surface area contributed by atoms with Gasteiger partial charge in [-0.05, 0) is 55.3 Å². The quantitative estimate of drug-likeness (QED) is 0.312. The van der Waals surface area contributed by atoms with Crippen LogP contribution in [0.1, 0.15) is 29.7 Å². The van der Waals surface area contributed by atoms with Gasteiger partial charge in [-0.1, -0.05) is 6.07 Å². The molecule has 2 heterocycles. The number of ether oxygens (including phenoxy) is 4. The van der Waals surface area contributed by atoms with Crippen LogP contribution in [-0.4, -0.2) is 86.8 Å². The highest BCUT2D eigenvalue weighted by molar-refractivity contribution is 6.46. The minimum Gasteiger partial charge on any atom is -0.507 e. The number of amides is 1. The van der Waals surface area contributed by atoms with Crippen LogP contribution in [0.25, 0.3) is 5.76 Å². The van der Waals surface area contributed by atoms with Crippen molar-refractivity contribution in [2.24, 2.45) is 0 Å². The predicted octanol–water partition coefficient (Wildman–Crippen LogP) is 3.16. The molecule has 1 amide bonds. The molecule has 0 unspecified atom stereocenters. The van der Waals surface area contributed by atoms with Gasteiger partial charge in [-0.25, -0.2) is 0 Å². The highest BCUT2D eigenvalue weighted by Crippen LogP contribution is 2.42. The molecule has 9 heteroatoms. The maximum Gasteiger partial charge on any atom is 0.295 e. The average Bonchev–Trinajstić information content (AvgIpc) is 3.17. The lowest BCUT2D eigenvalue weighted by Crippen LogP contribution is -2.42. The number of morpholine rings is 1. The summed E-state index contributed by atoms with van der Waals surface area (Å²) in [5.74, 6) is 0.105. The fourth-order valence-electron chi connectivity index (χ4n) is 4.83. The number of likely N-dealkylation sites (tertiary alicyclic amines) is 1. The summed E-state index contributed by atoms with van der Waals surface area (Å²) in [5.41, 5.74) is 1.88. The minimum atomic E-state index is -0.785. The van der Waals surface area contributed by atoms with Crippen LogP contribution < -0.4 is 14.2 Å². The molecule has 9 nitrogen and oxygen atoms in total. The molecule has 198 valence electrons. The van der Waals surface area contributed by atoms with Gasteiger partial charge in [0.05, 0.1) is 45.7 Å². The van der Waals surface area contributed by atoms with Crippen molar-refractivity contribution in [2.75, 3.05) is 60.2 Å². The fourth-order valence-corrected chi connectivity index (χ4v) is 4.83. The van der Waals surface area contributed by atoms with Gasteiger partial charge in [0.25, 0.3) is 11.7 Å². The second-order valence-corrected chi connectivity index (χ2v) is 8.97. The van der Waals surface area contributed by atoms with Crippen LogP contribution in [0.5, 0.6) is 17.2 Å². The van der Waals surface area contributed by atoms with Gasteiger partial charge in [0.2, 0.25) is 0 Å². The molecule has 0 spiro atoms. The topological polar surface area (TPSA) is 97.8 Å². The fraction of sp³-hybridized carbons (Fsp3) is 0.429. The first-order valence-corrected chi connectivity index (χ1v) is 12.4. The van der Waals surface area contributed by atoms with Gasteiger partial charge in [-0.2, -0.15) is 0 Å². The van der Waals surface area contributed by atoms with E-state index in [9.17, 15) is 14.7 Å². The highest BCUT2D eigenvalue weighted by Gasteiger charge is 2.46. The van der Waals surface area contributed by atoms with Crippen LogP contribution in [0.2, 0.25) is 0 Å². The van der Waals surface area contributed by atoms with Crippen molar-refractivity contribution >= 4 is 17.4 Å². The summed E-state index contributed by atoms with van der Waals surface area (Å²) in [5, 5.41) is 11.4. The molecule has 0 radical (unpaired) electrons. The van der Waals surface area contributed by atoms with E-state index < -0.39 is 17.7 Å². The lowest BCUT2D eigenvalue weighted by Gasteiger charge is -2.31. The first-order chi connectivity index (χ1) is 17.9. The molecule has 37 heavy (non-hydrogen) atoms. The van der Waals surface area contributed by atoms with Gasteiger partial charge in [0, 0.05) is 31.7 Å². The third kappa shape index (κ3) is 5.42. The Bertz CT molecular complexity index is 1190. The number of aliphatic hydroxyl groups is 1. The van der Waals surface area contributed by atoms with Crippen molar-refractivity contribution in [3.63, 3.8) is 0 Å². The molecule has 2 saturated heterocycles. The second-order valence-electron chi connectivity index (χ2n) is 8.97. The SMILES string of the molecule is CCOc1ccc([C@@H]2/C(=C(\O)c3ccc(OC)cc3C)C(=O)C(=O)N2CCN2CCOCC2)cc1OC. The molecular weight excluding hydrogens is 476 g/mol. The Kier molecular flexibility index (Phi) is 8.35. The van der Waals surface area contributed by atoms with Gasteiger partial charge in [0.1, 0.15) is 11.5 Å². The second kappa shape index (κ2) is 11.7. The van der Waals surface area contributed by atoms with Crippen molar-refractivity contribution < 1.29 is 33.6 Å². The first-order valence-electron chi connectivity index (χ1n) is 12.4. The number of ketones is 1. The number of rotatable bonds is 9. The Balaban J connectivity index is 1.80. The molecule has 0 aliphatic carbocycles. The molecule has 2 aromatic rings. The zero-order valence-corrected chi connectivity index (χ0v) is 21.8. The van der Waals surface area contributed by atoms with Crippen LogP contribution in [0.15, 0.2) is 42.0 Å². The van der Waals surface area contributed by atoms with Crippen LogP contribution >= 0.6 is 0 Å². The molecule has 2 fully saturated rings. The van der Waals surface area contributed by atoms with Crippen molar-refractivity contribution in [1.82, 2.24) is 9.80 Å². The number of nitrogens with zero attached hydrogens (tertiary/aromatic N) is 2. The third-order valence-electron chi connectivity index (χ3n) is 6.79. The number of aryl methyl sites for hydroxylation is 1. The molecule has 1 atom stereocenters. The lowest BCUT2D eigenvalue weighted by molar-refractivity contribution is -0.140. The van der Waals surface area contributed by atoms with Gasteiger partial charge in [-0.3, -0.25) is 14.5 Å². The Morgan fingerprint density at radius 1 is 1.03 bits per heavy atom. The van der Waals surface area contributed by atoms with Crippen molar-refractivity contribution in [3.05, 3.63) is 58.7 Å². The standard InChI is InChI=1S/C28H34N2O7/c1-5-37-22-9-6-19(17-23(22)35-4)25-24(26(31)21-8-7-20(34-3)16-18(21)2)27(32)28(33)30(25)11-10-29-12-14-36-15-13-29/h6-9,16-17,25,31H,5,10-15H2,1-4H3/b26-24+/t25-/m1/s1. The van der Waals surface area contributed by atoms with Crippen LogP contribution in [0.3, 0.4) is 0 Å². The highest BCUT2D eigenvalue weighted by atomic mass is 16.5. The molecule has 4 rings (SSSR count).